The zero-order valence-corrected chi connectivity index (χ0v) is 14.4. The Morgan fingerprint density at radius 1 is 1.07 bits per heavy atom. The van der Waals surface area contributed by atoms with Crippen molar-refractivity contribution in [3.8, 4) is 0 Å². The number of thioether (sulfide) groups is 1. The average Bonchev–Trinajstić information content (AvgIpc) is 2.57. The van der Waals surface area contributed by atoms with Gasteiger partial charge in [-0.3, -0.25) is 9.59 Å². The van der Waals surface area contributed by atoms with Crippen LogP contribution in [0.3, 0.4) is 0 Å². The molecule has 0 aliphatic carbocycles. The van der Waals surface area contributed by atoms with Gasteiger partial charge in [0, 0.05) is 6.92 Å². The second-order valence-electron chi connectivity index (χ2n) is 4.77. The fourth-order valence-corrected chi connectivity index (χ4v) is 2.47. The lowest BCUT2D eigenvalue weighted by Gasteiger charge is -2.13. The predicted molar refractivity (Wildman–Crippen MR) is 86.3 cm³/mol. The maximum Gasteiger partial charge on any atom is 0.345 e. The molecule has 0 atom stereocenters. The van der Waals surface area contributed by atoms with E-state index in [1.165, 1.54) is 0 Å². The van der Waals surface area contributed by atoms with Gasteiger partial charge in [0.25, 0.3) is 0 Å². The summed E-state index contributed by atoms with van der Waals surface area (Å²) in [4.78, 5) is 44.6. The average molecular weight is 407 g/mol. The molecule has 146 valence electrons. The molecular weight excluding hydrogens is 395 g/mol. The number of esters is 1. The summed E-state index contributed by atoms with van der Waals surface area (Å²) >= 11 is 0.343. The molecule has 0 heterocycles. The third-order valence-electron chi connectivity index (χ3n) is 2.75. The number of aliphatic carboxylic acids is 2. The molecule has 1 aromatic carbocycles. The zero-order valence-electron chi connectivity index (χ0n) is 13.5. The van der Waals surface area contributed by atoms with Gasteiger partial charge < -0.3 is 20.3 Å². The number of ketones is 1. The quantitative estimate of drug-likeness (QED) is 0.184. The summed E-state index contributed by atoms with van der Waals surface area (Å²) in [6.07, 6.45) is 0. The number of rotatable bonds is 9. The van der Waals surface area contributed by atoms with E-state index in [-0.39, 0.29) is 0 Å². The molecule has 0 amide bonds. The molecule has 0 saturated heterocycles. The second-order valence-corrected chi connectivity index (χ2v) is 5.76. The Kier molecular flexibility index (Phi) is 7.84. The molecule has 1 rings (SSSR count). The zero-order chi connectivity index (χ0) is 20.7. The highest BCUT2D eigenvalue weighted by atomic mass is 32.2. The summed E-state index contributed by atoms with van der Waals surface area (Å²) in [5.41, 5.74) is -2.01. The van der Waals surface area contributed by atoms with Crippen LogP contribution in [0.5, 0.6) is 0 Å². The van der Waals surface area contributed by atoms with E-state index in [4.69, 9.17) is 10.2 Å². The number of Topliss-reactive ketones (excluding diaryl/α,β-unsaturated/α-hetero) is 1. The molecule has 0 unspecified atom stereocenters. The van der Waals surface area contributed by atoms with Gasteiger partial charge in [-0.05, 0) is 12.1 Å². The Balaban J connectivity index is 3.17. The number of carboxylic acids is 2. The first kappa shape index (κ1) is 22.0. The molecule has 0 bridgehead atoms. The largest absolute Gasteiger partial charge is 0.477 e. The molecular formula is C15H12F3NO7S. The predicted octanol–water partition coefficient (Wildman–Crippen LogP) is 1.76. The van der Waals surface area contributed by atoms with E-state index >= 15 is 0 Å². The molecule has 0 aliphatic rings. The van der Waals surface area contributed by atoms with Gasteiger partial charge in [0.05, 0.1) is 16.5 Å². The van der Waals surface area contributed by atoms with Gasteiger partial charge in [-0.25, -0.2) is 22.8 Å². The van der Waals surface area contributed by atoms with E-state index in [1.54, 1.807) is 0 Å². The van der Waals surface area contributed by atoms with Crippen molar-refractivity contribution < 1.29 is 47.3 Å². The van der Waals surface area contributed by atoms with Crippen LogP contribution in [-0.2, 0) is 23.9 Å². The lowest BCUT2D eigenvalue weighted by molar-refractivity contribution is -0.145. The molecule has 12 heteroatoms. The maximum atomic E-state index is 13.8. The van der Waals surface area contributed by atoms with E-state index in [0.29, 0.717) is 17.8 Å². The number of carbonyl (C=O) groups is 4. The molecule has 1 aromatic rings. The molecule has 0 aromatic heterocycles. The summed E-state index contributed by atoms with van der Waals surface area (Å²) in [5.74, 6) is -10.9. The topological polar surface area (TPSA) is 130 Å². The fourth-order valence-electron chi connectivity index (χ4n) is 1.58. The van der Waals surface area contributed by atoms with Crippen LogP contribution >= 0.6 is 11.8 Å². The smallest absolute Gasteiger partial charge is 0.345 e. The normalized spacial score (nSPS) is 10.1. The number of hydrogen-bond donors (Lipinski definition) is 3. The van der Waals surface area contributed by atoms with Crippen molar-refractivity contribution >= 4 is 41.1 Å². The van der Waals surface area contributed by atoms with Crippen LogP contribution < -0.4 is 5.32 Å². The van der Waals surface area contributed by atoms with Gasteiger partial charge >= 0.3 is 17.9 Å². The van der Waals surface area contributed by atoms with Gasteiger partial charge in [0.15, 0.2) is 35.4 Å². The van der Waals surface area contributed by atoms with Gasteiger partial charge in [0.2, 0.25) is 0 Å². The Bertz CT molecular complexity index is 810. The SMILES string of the molecule is CC(=O)OCC(=O)CSC(Nc1ccc(F)c(F)c1F)=C(C(=O)O)C(=O)O. The number of carboxylic acid groups (broad SMARTS) is 2. The minimum absolute atomic E-state index is 0.343. The van der Waals surface area contributed by atoms with Crippen molar-refractivity contribution in [2.24, 2.45) is 0 Å². The molecule has 0 saturated carbocycles. The second kappa shape index (κ2) is 9.62. The van der Waals surface area contributed by atoms with Crippen molar-refractivity contribution in [1.82, 2.24) is 0 Å². The summed E-state index contributed by atoms with van der Waals surface area (Å²) in [5, 5.41) is 19.4. The fraction of sp³-hybridized carbons (Fsp3) is 0.200. The highest BCUT2D eigenvalue weighted by molar-refractivity contribution is 8.03. The van der Waals surface area contributed by atoms with Crippen LogP contribution in [0.4, 0.5) is 18.9 Å². The monoisotopic (exact) mass is 407 g/mol. The maximum absolute atomic E-state index is 13.8. The van der Waals surface area contributed by atoms with Crippen LogP contribution in [0.25, 0.3) is 0 Å². The Morgan fingerprint density at radius 2 is 1.67 bits per heavy atom. The number of hydrogen-bond acceptors (Lipinski definition) is 7. The van der Waals surface area contributed by atoms with Gasteiger partial charge in [-0.15, -0.1) is 0 Å². The van der Waals surface area contributed by atoms with Crippen LogP contribution in [0.15, 0.2) is 22.7 Å². The third-order valence-corrected chi connectivity index (χ3v) is 3.81. The van der Waals surface area contributed by atoms with E-state index in [2.05, 4.69) is 4.74 Å². The Labute approximate surface area is 154 Å². The first-order valence-electron chi connectivity index (χ1n) is 6.93. The molecule has 0 radical (unpaired) electrons. The van der Waals surface area contributed by atoms with Gasteiger partial charge in [-0.1, -0.05) is 11.8 Å². The van der Waals surface area contributed by atoms with Crippen LogP contribution in [-0.4, -0.2) is 46.3 Å². The highest BCUT2D eigenvalue weighted by Gasteiger charge is 2.25. The Hall–Kier alpha value is -3.02. The van der Waals surface area contributed by atoms with E-state index < -0.39 is 69.8 Å². The minimum atomic E-state index is -1.92. The number of benzene rings is 1. The van der Waals surface area contributed by atoms with Gasteiger partial charge in [0.1, 0.15) is 0 Å². The summed E-state index contributed by atoms with van der Waals surface area (Å²) in [6, 6.07) is 1.26. The summed E-state index contributed by atoms with van der Waals surface area (Å²) < 4.78 is 44.5. The van der Waals surface area contributed by atoms with Crippen molar-refractivity contribution in [2.45, 2.75) is 6.92 Å². The van der Waals surface area contributed by atoms with E-state index in [1.807, 2.05) is 5.32 Å². The first-order chi connectivity index (χ1) is 12.5. The van der Waals surface area contributed by atoms with Crippen LogP contribution in [0.1, 0.15) is 6.92 Å². The number of anilines is 1. The van der Waals surface area contributed by atoms with E-state index in [0.717, 1.165) is 13.0 Å². The summed E-state index contributed by atoms with van der Waals surface area (Å²) in [7, 11) is 0. The van der Waals surface area contributed by atoms with Crippen molar-refractivity contribution in [1.29, 1.82) is 0 Å². The minimum Gasteiger partial charge on any atom is -0.477 e. The van der Waals surface area contributed by atoms with E-state index in [9.17, 15) is 32.3 Å². The number of ether oxygens (including phenoxy) is 1. The molecule has 0 aliphatic heterocycles. The Morgan fingerprint density at radius 3 is 2.19 bits per heavy atom. The molecule has 8 nitrogen and oxygen atoms in total. The lowest BCUT2D eigenvalue weighted by Crippen LogP contribution is -2.19. The van der Waals surface area contributed by atoms with Crippen molar-refractivity contribution in [3.63, 3.8) is 0 Å². The standard InChI is InChI=1S/C15H12F3NO7S/c1-6(20)26-4-7(21)5-27-13(10(14(22)23)15(24)25)19-9-3-2-8(16)11(17)12(9)18/h2-3,19H,4-5H2,1H3,(H,22,23)(H,24,25). The third kappa shape index (κ3) is 6.33. The summed E-state index contributed by atoms with van der Waals surface area (Å²) in [6.45, 7) is 0.400. The molecule has 27 heavy (non-hydrogen) atoms. The van der Waals surface area contributed by atoms with Crippen LogP contribution in [0.2, 0.25) is 0 Å². The number of nitrogens with one attached hydrogen (secondary N) is 1. The molecule has 0 fully saturated rings. The number of carbonyl (C=O) groups excluding carboxylic acids is 2. The number of halogens is 3. The van der Waals surface area contributed by atoms with Gasteiger partial charge in [-0.2, -0.15) is 0 Å². The molecule has 0 spiro atoms. The first-order valence-corrected chi connectivity index (χ1v) is 7.92. The van der Waals surface area contributed by atoms with Crippen molar-refractivity contribution in [3.05, 3.63) is 40.2 Å². The highest BCUT2D eigenvalue weighted by Crippen LogP contribution is 2.27. The van der Waals surface area contributed by atoms with Crippen molar-refractivity contribution in [2.75, 3.05) is 17.7 Å². The van der Waals surface area contributed by atoms with Crippen LogP contribution in [0, 0.1) is 17.5 Å². The molecule has 3 N–H and O–H groups in total. The lowest BCUT2D eigenvalue weighted by atomic mass is 10.2.